The molecule has 0 aliphatic rings. The van der Waals surface area contributed by atoms with Crippen LogP contribution in [-0.2, 0) is 0 Å². The largest absolute Gasteiger partial charge is 0.520 e. The van der Waals surface area contributed by atoms with Crippen molar-refractivity contribution in [3.8, 4) is 0 Å². The van der Waals surface area contributed by atoms with E-state index in [0.29, 0.717) is 11.4 Å². The molecule has 0 aliphatic carbocycles. The van der Waals surface area contributed by atoms with E-state index in [1.165, 1.54) is 0 Å². The average Bonchev–Trinajstić information content (AvgIpc) is 1.57. The molecule has 0 atom stereocenters. The summed E-state index contributed by atoms with van der Waals surface area (Å²) >= 11 is 0. The Morgan fingerprint density at radius 3 is 0.900 bits per heavy atom. The standard InChI is InChI=1S/C2H8O6Si2/c3-9(4,5)1-2-10(6,7)8/h1-8H. The Hall–Kier alpha value is -0.0662. The van der Waals surface area contributed by atoms with Gasteiger partial charge >= 0.3 is 17.6 Å². The summed E-state index contributed by atoms with van der Waals surface area (Å²) in [6.45, 7) is 0. The van der Waals surface area contributed by atoms with Gasteiger partial charge in [-0.15, -0.1) is 0 Å². The first-order valence-corrected chi connectivity index (χ1v) is 6.09. The third kappa shape index (κ3) is 7.93. The highest BCUT2D eigenvalue weighted by Gasteiger charge is 2.28. The average molecular weight is 184 g/mol. The maximum Gasteiger partial charge on any atom is 0.520 e. The molecule has 60 valence electrons. The first-order valence-electron chi connectivity index (χ1n) is 2.25. The predicted molar refractivity (Wildman–Crippen MR) is 34.0 cm³/mol. The summed E-state index contributed by atoms with van der Waals surface area (Å²) < 4.78 is 0. The minimum absolute atomic E-state index is 0.388. The molecule has 0 bridgehead atoms. The minimum atomic E-state index is -4.39. The zero-order valence-electron chi connectivity index (χ0n) is 4.84. The van der Waals surface area contributed by atoms with Crippen molar-refractivity contribution in [3.63, 3.8) is 0 Å². The van der Waals surface area contributed by atoms with E-state index < -0.39 is 17.6 Å². The summed E-state index contributed by atoms with van der Waals surface area (Å²) in [5, 5.41) is 0. The van der Waals surface area contributed by atoms with Crippen LogP contribution in [0.1, 0.15) is 0 Å². The van der Waals surface area contributed by atoms with Gasteiger partial charge in [0.2, 0.25) is 0 Å². The van der Waals surface area contributed by atoms with Crippen molar-refractivity contribution in [1.29, 1.82) is 0 Å². The third-order valence-corrected chi connectivity index (χ3v) is 2.09. The van der Waals surface area contributed by atoms with E-state index in [0.717, 1.165) is 0 Å². The maximum absolute atomic E-state index is 8.23. The van der Waals surface area contributed by atoms with Gasteiger partial charge in [-0.25, -0.2) is 0 Å². The molecule has 0 rings (SSSR count). The Morgan fingerprint density at radius 2 is 0.800 bits per heavy atom. The van der Waals surface area contributed by atoms with E-state index in [1.807, 2.05) is 0 Å². The van der Waals surface area contributed by atoms with Crippen LogP contribution in [0.4, 0.5) is 0 Å². The van der Waals surface area contributed by atoms with Gasteiger partial charge in [0, 0.05) is 0 Å². The fraction of sp³-hybridized carbons (Fsp3) is 0. The van der Waals surface area contributed by atoms with Gasteiger partial charge in [-0.3, -0.25) is 0 Å². The number of hydrogen-bond donors (Lipinski definition) is 6. The van der Waals surface area contributed by atoms with Gasteiger partial charge < -0.3 is 28.8 Å². The van der Waals surface area contributed by atoms with Gasteiger partial charge in [-0.1, -0.05) is 0 Å². The Morgan fingerprint density at radius 1 is 0.600 bits per heavy atom. The molecule has 0 unspecified atom stereocenters. The molecule has 8 heteroatoms. The number of rotatable bonds is 2. The second-order valence-corrected chi connectivity index (χ2v) is 5.12. The van der Waals surface area contributed by atoms with E-state index in [4.69, 9.17) is 28.8 Å². The van der Waals surface area contributed by atoms with Crippen LogP contribution >= 0.6 is 0 Å². The molecule has 0 amide bonds. The van der Waals surface area contributed by atoms with Crippen LogP contribution in [0.15, 0.2) is 11.4 Å². The predicted octanol–water partition coefficient (Wildman–Crippen LogP) is -3.55. The molecule has 0 fully saturated rings. The second kappa shape index (κ2) is 2.90. The molecule has 0 aromatic rings. The molecule has 0 aliphatic heterocycles. The fourth-order valence-corrected chi connectivity index (χ4v) is 2.01. The van der Waals surface area contributed by atoms with E-state index in [-0.39, 0.29) is 0 Å². The smallest absolute Gasteiger partial charge is 0.387 e. The normalized spacial score (nSPS) is 14.6. The monoisotopic (exact) mass is 184 g/mol. The van der Waals surface area contributed by atoms with Crippen molar-refractivity contribution in [2.24, 2.45) is 0 Å². The van der Waals surface area contributed by atoms with Crippen LogP contribution in [0.3, 0.4) is 0 Å². The highest BCUT2D eigenvalue weighted by atomic mass is 28.4. The first kappa shape index (κ1) is 9.93. The Bertz CT molecular complexity index is 114. The van der Waals surface area contributed by atoms with E-state index in [9.17, 15) is 0 Å². The summed E-state index contributed by atoms with van der Waals surface area (Å²) in [6.07, 6.45) is 0. The topological polar surface area (TPSA) is 121 Å². The molecule has 0 radical (unpaired) electrons. The van der Waals surface area contributed by atoms with Crippen molar-refractivity contribution < 1.29 is 28.8 Å². The van der Waals surface area contributed by atoms with Gasteiger partial charge in [-0.2, -0.15) is 0 Å². The van der Waals surface area contributed by atoms with Crippen LogP contribution in [0.25, 0.3) is 0 Å². The van der Waals surface area contributed by atoms with E-state index >= 15 is 0 Å². The molecule has 10 heavy (non-hydrogen) atoms. The summed E-state index contributed by atoms with van der Waals surface area (Å²) in [5.74, 6) is 0. The molecule has 0 aromatic carbocycles. The maximum atomic E-state index is 8.23. The molecule has 6 nitrogen and oxygen atoms in total. The summed E-state index contributed by atoms with van der Waals surface area (Å²) in [7, 11) is -8.79. The van der Waals surface area contributed by atoms with E-state index in [2.05, 4.69) is 0 Å². The molecular weight excluding hydrogens is 176 g/mol. The van der Waals surface area contributed by atoms with Crippen molar-refractivity contribution >= 4 is 17.6 Å². The highest BCUT2D eigenvalue weighted by Crippen LogP contribution is 1.93. The lowest BCUT2D eigenvalue weighted by atomic mass is 11.2. The Balaban J connectivity index is 4.01. The third-order valence-electron chi connectivity index (χ3n) is 0.531. The van der Waals surface area contributed by atoms with Gasteiger partial charge in [-0.05, 0) is 11.4 Å². The van der Waals surface area contributed by atoms with Crippen LogP contribution in [-0.4, -0.2) is 46.4 Å². The van der Waals surface area contributed by atoms with Crippen molar-refractivity contribution in [1.82, 2.24) is 0 Å². The molecule has 0 aromatic heterocycles. The first-order chi connectivity index (χ1) is 4.21. The lowest BCUT2D eigenvalue weighted by Gasteiger charge is -2.04. The molecule has 6 N–H and O–H groups in total. The zero-order valence-corrected chi connectivity index (χ0v) is 6.84. The summed E-state index contributed by atoms with van der Waals surface area (Å²) in [6, 6.07) is 0. The number of hydrogen-bond acceptors (Lipinski definition) is 6. The van der Waals surface area contributed by atoms with Gasteiger partial charge in [0.25, 0.3) is 0 Å². The molecule has 0 saturated heterocycles. The SMILES string of the molecule is O[Si](O)(O)C=C[Si](O)(O)O. The van der Waals surface area contributed by atoms with Crippen molar-refractivity contribution in [2.75, 3.05) is 0 Å². The lowest BCUT2D eigenvalue weighted by molar-refractivity contribution is 0.239. The van der Waals surface area contributed by atoms with Crippen molar-refractivity contribution in [2.45, 2.75) is 0 Å². The van der Waals surface area contributed by atoms with Gasteiger partial charge in [0.15, 0.2) is 0 Å². The Labute approximate surface area is 58.7 Å². The zero-order chi connectivity index (χ0) is 8.41. The minimum Gasteiger partial charge on any atom is -0.387 e. The molecule has 0 saturated carbocycles. The molecular formula is C2H8O6Si2. The van der Waals surface area contributed by atoms with Crippen molar-refractivity contribution in [3.05, 3.63) is 11.4 Å². The summed E-state index contributed by atoms with van der Waals surface area (Å²) in [5.41, 5.74) is 0.776. The van der Waals surface area contributed by atoms with Crippen LogP contribution in [0, 0.1) is 0 Å². The highest BCUT2D eigenvalue weighted by molar-refractivity contribution is 6.68. The van der Waals surface area contributed by atoms with Gasteiger partial charge in [0.1, 0.15) is 0 Å². The van der Waals surface area contributed by atoms with Crippen LogP contribution in [0.5, 0.6) is 0 Å². The second-order valence-electron chi connectivity index (χ2n) is 1.71. The fourth-order valence-electron chi connectivity index (χ4n) is 0.224. The quantitative estimate of drug-likeness (QED) is 0.247. The lowest BCUT2D eigenvalue weighted by Crippen LogP contribution is -2.37. The molecule has 0 spiro atoms. The van der Waals surface area contributed by atoms with Gasteiger partial charge in [0.05, 0.1) is 0 Å². The van der Waals surface area contributed by atoms with Crippen LogP contribution in [0.2, 0.25) is 0 Å². The van der Waals surface area contributed by atoms with Crippen LogP contribution < -0.4 is 0 Å². The molecule has 0 heterocycles. The Kier molecular flexibility index (Phi) is 2.88. The summed E-state index contributed by atoms with van der Waals surface area (Å²) in [4.78, 5) is 49.4. The van der Waals surface area contributed by atoms with E-state index in [1.54, 1.807) is 0 Å².